The monoisotopic (exact) mass is 200 g/mol. The Hall–Kier alpha value is -1.15. The number of methoxy groups -OCH3 is 1. The number of rotatable bonds is 2. The number of alkyl halides is 1. The minimum absolute atomic E-state index is 0.0407. The highest BCUT2D eigenvalue weighted by molar-refractivity contribution is 5.78. The van der Waals surface area contributed by atoms with Crippen LogP contribution in [0.2, 0.25) is 0 Å². The number of amides is 1. The van der Waals surface area contributed by atoms with E-state index in [9.17, 15) is 9.18 Å². The summed E-state index contributed by atoms with van der Waals surface area (Å²) >= 11 is 0. The lowest BCUT2D eigenvalue weighted by Gasteiger charge is -2.33. The predicted molar refractivity (Wildman–Crippen MR) is 47.1 cm³/mol. The van der Waals surface area contributed by atoms with Crippen molar-refractivity contribution < 1.29 is 13.9 Å². The van der Waals surface area contributed by atoms with Gasteiger partial charge in [0.1, 0.15) is 12.6 Å². The Bertz CT molecular complexity index is 252. The first-order valence-electron chi connectivity index (χ1n) is 4.50. The average Bonchev–Trinajstić information content (AvgIpc) is 2.18. The molecule has 1 rings (SSSR count). The van der Waals surface area contributed by atoms with Crippen LogP contribution in [0.4, 0.5) is 4.39 Å². The van der Waals surface area contributed by atoms with Gasteiger partial charge in [-0.25, -0.2) is 4.39 Å². The summed E-state index contributed by atoms with van der Waals surface area (Å²) in [7, 11) is 1.46. The van der Waals surface area contributed by atoms with Crippen molar-refractivity contribution in [2.75, 3.05) is 20.2 Å². The number of hydrogen-bond acceptors (Lipinski definition) is 3. The van der Waals surface area contributed by atoms with E-state index in [-0.39, 0.29) is 18.9 Å². The lowest BCUT2D eigenvalue weighted by atomic mass is 10.1. The molecule has 1 fully saturated rings. The van der Waals surface area contributed by atoms with Gasteiger partial charge >= 0.3 is 0 Å². The van der Waals surface area contributed by atoms with Gasteiger partial charge in [-0.3, -0.25) is 4.79 Å². The molecule has 0 aromatic carbocycles. The first kappa shape index (κ1) is 10.9. The van der Waals surface area contributed by atoms with E-state index >= 15 is 0 Å². The Labute approximate surface area is 82.2 Å². The van der Waals surface area contributed by atoms with E-state index in [1.807, 2.05) is 0 Å². The quantitative estimate of drug-likeness (QED) is 0.651. The largest absolute Gasteiger partial charge is 0.378 e. The molecule has 1 aliphatic heterocycles. The molecule has 5 heteroatoms. The molecule has 0 spiro atoms. The van der Waals surface area contributed by atoms with E-state index in [1.54, 1.807) is 6.07 Å². The molecule has 0 bridgehead atoms. The molecule has 1 heterocycles. The second kappa shape index (κ2) is 4.91. The number of piperidine rings is 1. The van der Waals surface area contributed by atoms with E-state index in [0.717, 1.165) is 0 Å². The van der Waals surface area contributed by atoms with Gasteiger partial charge in [0.15, 0.2) is 0 Å². The lowest BCUT2D eigenvalue weighted by molar-refractivity contribution is -0.135. The molecule has 2 atom stereocenters. The van der Waals surface area contributed by atoms with Crippen molar-refractivity contribution in [3.8, 4) is 6.07 Å². The first-order chi connectivity index (χ1) is 6.69. The minimum atomic E-state index is -1.14. The van der Waals surface area contributed by atoms with Crippen molar-refractivity contribution in [3.05, 3.63) is 0 Å². The van der Waals surface area contributed by atoms with E-state index in [1.165, 1.54) is 12.0 Å². The molecule has 0 radical (unpaired) electrons. The van der Waals surface area contributed by atoms with Crippen molar-refractivity contribution in [1.82, 2.24) is 4.90 Å². The molecule has 0 saturated carbocycles. The third kappa shape index (κ3) is 2.42. The van der Waals surface area contributed by atoms with Crippen LogP contribution in [0.15, 0.2) is 0 Å². The second-order valence-electron chi connectivity index (χ2n) is 3.25. The highest BCUT2D eigenvalue weighted by Gasteiger charge is 2.31. The Balaban J connectivity index is 2.46. The number of nitrogens with zero attached hydrogens (tertiary/aromatic N) is 2. The van der Waals surface area contributed by atoms with E-state index in [2.05, 4.69) is 0 Å². The van der Waals surface area contributed by atoms with Crippen molar-refractivity contribution in [1.29, 1.82) is 5.26 Å². The zero-order valence-electron chi connectivity index (χ0n) is 8.07. The summed E-state index contributed by atoms with van der Waals surface area (Å²) < 4.78 is 18.2. The fraction of sp³-hybridized carbons (Fsp3) is 0.778. The molecular weight excluding hydrogens is 187 g/mol. The molecule has 0 aliphatic carbocycles. The molecule has 0 aromatic rings. The van der Waals surface area contributed by atoms with Gasteiger partial charge in [0, 0.05) is 13.7 Å². The third-order valence-corrected chi connectivity index (χ3v) is 2.37. The van der Waals surface area contributed by atoms with Crippen LogP contribution in [0.3, 0.4) is 0 Å². The van der Waals surface area contributed by atoms with Crippen LogP contribution in [-0.4, -0.2) is 43.3 Å². The highest BCUT2D eigenvalue weighted by atomic mass is 19.1. The first-order valence-corrected chi connectivity index (χ1v) is 4.50. The van der Waals surface area contributed by atoms with Crippen molar-refractivity contribution in [2.24, 2.45) is 0 Å². The number of carbonyl (C=O) groups excluding carboxylic acids is 1. The zero-order chi connectivity index (χ0) is 10.6. The fourth-order valence-electron chi connectivity index (χ4n) is 1.55. The number of nitriles is 1. The topological polar surface area (TPSA) is 53.3 Å². The summed E-state index contributed by atoms with van der Waals surface area (Å²) in [6, 6.07) is 1.76. The van der Waals surface area contributed by atoms with Gasteiger partial charge in [0.05, 0.1) is 18.7 Å². The summed E-state index contributed by atoms with van der Waals surface area (Å²) in [6.45, 7) is 0.512. The molecule has 1 aliphatic rings. The van der Waals surface area contributed by atoms with Gasteiger partial charge in [0.25, 0.3) is 0 Å². The van der Waals surface area contributed by atoms with Crippen LogP contribution in [0, 0.1) is 11.3 Å². The van der Waals surface area contributed by atoms with E-state index < -0.39 is 12.3 Å². The predicted octanol–water partition coefficient (Wildman–Crippen LogP) is 0.485. The molecule has 1 amide bonds. The molecule has 1 saturated heterocycles. The molecule has 0 N–H and O–H groups in total. The number of hydrogen-bond donors (Lipinski definition) is 0. The zero-order valence-corrected chi connectivity index (χ0v) is 8.07. The Morgan fingerprint density at radius 3 is 3.00 bits per heavy atom. The molecular formula is C9H13FN2O2. The van der Waals surface area contributed by atoms with Gasteiger partial charge in [-0.05, 0) is 6.42 Å². The van der Waals surface area contributed by atoms with Crippen molar-refractivity contribution in [3.63, 3.8) is 0 Å². The van der Waals surface area contributed by atoms with Gasteiger partial charge in [-0.1, -0.05) is 0 Å². The van der Waals surface area contributed by atoms with Crippen LogP contribution >= 0.6 is 0 Å². The molecule has 4 nitrogen and oxygen atoms in total. The number of ether oxygens (including phenoxy) is 1. The van der Waals surface area contributed by atoms with Crippen LogP contribution in [0.1, 0.15) is 12.8 Å². The summed E-state index contributed by atoms with van der Waals surface area (Å²) in [5.41, 5.74) is 0. The smallest absolute Gasteiger partial charge is 0.236 e. The summed E-state index contributed by atoms with van der Waals surface area (Å²) in [6.07, 6.45) is -1.24. The maximum atomic E-state index is 13.3. The molecule has 0 unspecified atom stereocenters. The maximum absolute atomic E-state index is 13.3. The fourth-order valence-corrected chi connectivity index (χ4v) is 1.55. The van der Waals surface area contributed by atoms with Crippen LogP contribution < -0.4 is 0 Å². The van der Waals surface area contributed by atoms with Crippen LogP contribution in [0.25, 0.3) is 0 Å². The minimum Gasteiger partial charge on any atom is -0.378 e. The highest BCUT2D eigenvalue weighted by Crippen LogP contribution is 2.17. The van der Waals surface area contributed by atoms with Gasteiger partial charge in [0.2, 0.25) is 5.91 Å². The second-order valence-corrected chi connectivity index (χ2v) is 3.25. The number of carbonyl (C=O) groups is 1. The van der Waals surface area contributed by atoms with Gasteiger partial charge in [-0.15, -0.1) is 0 Å². The Kier molecular flexibility index (Phi) is 3.84. The Morgan fingerprint density at radius 1 is 1.79 bits per heavy atom. The average molecular weight is 200 g/mol. The molecule has 78 valence electrons. The Morgan fingerprint density at radius 2 is 2.50 bits per heavy atom. The van der Waals surface area contributed by atoms with Crippen LogP contribution in [-0.2, 0) is 9.53 Å². The third-order valence-electron chi connectivity index (χ3n) is 2.37. The van der Waals surface area contributed by atoms with Gasteiger partial charge < -0.3 is 9.64 Å². The lowest BCUT2D eigenvalue weighted by Crippen LogP contribution is -2.47. The molecule has 14 heavy (non-hydrogen) atoms. The van der Waals surface area contributed by atoms with Crippen molar-refractivity contribution >= 4 is 5.91 Å². The maximum Gasteiger partial charge on any atom is 0.236 e. The number of likely N-dealkylation sites (tertiary alicyclic amines) is 1. The standard InChI is InChI=1S/C9H13FN2O2/c1-14-8-3-5-12(6-7(8)10)9(13)2-4-11/h7-8H,2-3,5-6H2,1H3/t7-,8+/m1/s1. The van der Waals surface area contributed by atoms with Crippen LogP contribution in [0.5, 0.6) is 0 Å². The van der Waals surface area contributed by atoms with E-state index in [4.69, 9.17) is 10.00 Å². The SMILES string of the molecule is CO[C@H]1CCN(C(=O)CC#N)C[C@H]1F. The molecule has 0 aromatic heterocycles. The summed E-state index contributed by atoms with van der Waals surface area (Å²) in [5, 5.41) is 8.32. The van der Waals surface area contributed by atoms with Crippen molar-refractivity contribution in [2.45, 2.75) is 25.1 Å². The normalized spacial score (nSPS) is 27.1. The number of halogens is 1. The summed E-state index contributed by atoms with van der Waals surface area (Å²) in [4.78, 5) is 12.6. The van der Waals surface area contributed by atoms with E-state index in [0.29, 0.717) is 13.0 Å². The summed E-state index contributed by atoms with van der Waals surface area (Å²) in [5.74, 6) is -0.301. The van der Waals surface area contributed by atoms with Gasteiger partial charge in [-0.2, -0.15) is 5.26 Å².